The normalized spacial score (nSPS) is 14.4. The summed E-state index contributed by atoms with van der Waals surface area (Å²) in [7, 11) is 0. The second kappa shape index (κ2) is 9.94. The average Bonchev–Trinajstić information content (AvgIpc) is 2.88. The van der Waals surface area contributed by atoms with Gasteiger partial charge in [-0.05, 0) is 32.7 Å². The van der Waals surface area contributed by atoms with Gasteiger partial charge in [-0.2, -0.15) is 0 Å². The van der Waals surface area contributed by atoms with Crippen molar-refractivity contribution in [1.82, 2.24) is 14.9 Å². The highest BCUT2D eigenvalue weighted by atomic mass is 16.5. The molecule has 1 aromatic heterocycles. The van der Waals surface area contributed by atoms with Gasteiger partial charge < -0.3 is 14.6 Å². The van der Waals surface area contributed by atoms with Gasteiger partial charge in [0, 0.05) is 38.0 Å². The Balaban J connectivity index is 2.73. The monoisotopic (exact) mass is 281 g/mol. The Labute approximate surface area is 123 Å². The summed E-state index contributed by atoms with van der Waals surface area (Å²) in [6.45, 7) is 11.5. The molecule has 0 bridgehead atoms. The van der Waals surface area contributed by atoms with Gasteiger partial charge in [-0.1, -0.05) is 20.8 Å². The molecule has 0 amide bonds. The smallest absolute Gasteiger partial charge is 0.110 e. The van der Waals surface area contributed by atoms with Gasteiger partial charge in [0.05, 0.1) is 6.10 Å². The first-order valence-electron chi connectivity index (χ1n) is 8.11. The fraction of sp³-hybridized carbons (Fsp3) is 0.812. The van der Waals surface area contributed by atoms with Crippen LogP contribution < -0.4 is 5.32 Å². The van der Waals surface area contributed by atoms with E-state index in [9.17, 15) is 0 Å². The lowest BCUT2D eigenvalue weighted by Gasteiger charge is -2.27. The molecule has 1 aromatic rings. The van der Waals surface area contributed by atoms with Gasteiger partial charge >= 0.3 is 0 Å². The van der Waals surface area contributed by atoms with Crippen LogP contribution in [0.25, 0.3) is 0 Å². The molecule has 1 heterocycles. The number of ether oxygens (including phenoxy) is 1. The van der Waals surface area contributed by atoms with E-state index in [1.165, 1.54) is 5.82 Å². The Bertz CT molecular complexity index is 351. The van der Waals surface area contributed by atoms with E-state index in [4.69, 9.17) is 4.74 Å². The third-order valence-corrected chi connectivity index (χ3v) is 3.56. The van der Waals surface area contributed by atoms with Crippen LogP contribution >= 0.6 is 0 Å². The van der Waals surface area contributed by atoms with Gasteiger partial charge in [-0.3, -0.25) is 0 Å². The topological polar surface area (TPSA) is 39.1 Å². The highest BCUT2D eigenvalue weighted by molar-refractivity contribution is 4.97. The molecule has 20 heavy (non-hydrogen) atoms. The summed E-state index contributed by atoms with van der Waals surface area (Å²) in [5, 5.41) is 3.63. The third kappa shape index (κ3) is 5.25. The summed E-state index contributed by atoms with van der Waals surface area (Å²) in [6.07, 6.45) is 8.50. The van der Waals surface area contributed by atoms with Crippen LogP contribution in [0.15, 0.2) is 12.4 Å². The number of aromatic nitrogens is 2. The van der Waals surface area contributed by atoms with E-state index in [0.29, 0.717) is 6.04 Å². The summed E-state index contributed by atoms with van der Waals surface area (Å²) in [5.41, 5.74) is 0. The number of nitrogens with one attached hydrogen (secondary N) is 1. The zero-order valence-corrected chi connectivity index (χ0v) is 13.6. The van der Waals surface area contributed by atoms with Crippen molar-refractivity contribution in [2.45, 2.75) is 72.1 Å². The minimum atomic E-state index is 0.262. The Hall–Kier alpha value is -0.870. The van der Waals surface area contributed by atoms with Crippen LogP contribution in [0.2, 0.25) is 0 Å². The van der Waals surface area contributed by atoms with Gasteiger partial charge in [0.2, 0.25) is 0 Å². The van der Waals surface area contributed by atoms with Crippen LogP contribution in [-0.4, -0.2) is 34.8 Å². The molecule has 1 N–H and O–H groups in total. The van der Waals surface area contributed by atoms with Crippen molar-refractivity contribution in [3.63, 3.8) is 0 Å². The van der Waals surface area contributed by atoms with Crippen LogP contribution in [0.1, 0.15) is 52.8 Å². The van der Waals surface area contributed by atoms with Gasteiger partial charge in [-0.25, -0.2) is 4.98 Å². The maximum atomic E-state index is 5.90. The Morgan fingerprint density at radius 2 is 2.05 bits per heavy atom. The molecule has 0 spiro atoms. The highest BCUT2D eigenvalue weighted by Gasteiger charge is 2.21. The number of imidazole rings is 1. The van der Waals surface area contributed by atoms with Crippen molar-refractivity contribution in [3.8, 4) is 0 Å². The predicted octanol–water partition coefficient (Wildman–Crippen LogP) is 3.02. The van der Waals surface area contributed by atoms with Crippen molar-refractivity contribution >= 4 is 0 Å². The van der Waals surface area contributed by atoms with Crippen LogP contribution in [0, 0.1) is 0 Å². The predicted molar refractivity (Wildman–Crippen MR) is 84.0 cm³/mol. The molecular weight excluding hydrogens is 250 g/mol. The SMILES string of the molecule is CCCNC(Cc1nccn1CCC)C(CC)OCC. The lowest BCUT2D eigenvalue weighted by molar-refractivity contribution is 0.0313. The van der Waals surface area contributed by atoms with Gasteiger partial charge in [0.25, 0.3) is 0 Å². The summed E-state index contributed by atoms with van der Waals surface area (Å²) in [6, 6.07) is 0.345. The molecule has 0 saturated carbocycles. The molecule has 2 unspecified atom stereocenters. The van der Waals surface area contributed by atoms with Crippen LogP contribution in [0.3, 0.4) is 0 Å². The molecule has 0 radical (unpaired) electrons. The van der Waals surface area contributed by atoms with Crippen molar-refractivity contribution in [2.24, 2.45) is 0 Å². The molecular formula is C16H31N3O. The van der Waals surface area contributed by atoms with Crippen molar-refractivity contribution < 1.29 is 4.74 Å². The molecule has 0 aromatic carbocycles. The van der Waals surface area contributed by atoms with Crippen molar-refractivity contribution in [1.29, 1.82) is 0 Å². The van der Waals surface area contributed by atoms with Crippen LogP contribution in [0.4, 0.5) is 0 Å². The lowest BCUT2D eigenvalue weighted by atomic mass is 10.0. The first-order chi connectivity index (χ1) is 9.76. The first kappa shape index (κ1) is 17.2. The number of rotatable bonds is 11. The molecule has 0 saturated heterocycles. The maximum absolute atomic E-state index is 5.90. The number of nitrogens with zero attached hydrogens (tertiary/aromatic N) is 2. The summed E-state index contributed by atoms with van der Waals surface area (Å²) in [5.74, 6) is 1.17. The second-order valence-electron chi connectivity index (χ2n) is 5.20. The molecule has 2 atom stereocenters. The van der Waals surface area contributed by atoms with E-state index in [0.717, 1.165) is 45.4 Å². The third-order valence-electron chi connectivity index (χ3n) is 3.56. The fourth-order valence-corrected chi connectivity index (χ4v) is 2.57. The molecule has 0 aliphatic rings. The molecule has 4 heteroatoms. The largest absolute Gasteiger partial charge is 0.377 e. The Morgan fingerprint density at radius 3 is 2.65 bits per heavy atom. The zero-order chi connectivity index (χ0) is 14.8. The van der Waals surface area contributed by atoms with E-state index in [1.54, 1.807) is 0 Å². The number of hydrogen-bond donors (Lipinski definition) is 1. The van der Waals surface area contributed by atoms with E-state index in [-0.39, 0.29) is 6.10 Å². The molecule has 4 nitrogen and oxygen atoms in total. The minimum absolute atomic E-state index is 0.262. The molecule has 116 valence electrons. The van der Waals surface area contributed by atoms with Gasteiger partial charge in [-0.15, -0.1) is 0 Å². The van der Waals surface area contributed by atoms with Gasteiger partial charge in [0.1, 0.15) is 5.82 Å². The fourth-order valence-electron chi connectivity index (χ4n) is 2.57. The van der Waals surface area contributed by atoms with Gasteiger partial charge in [0.15, 0.2) is 0 Å². The molecule has 0 aliphatic heterocycles. The zero-order valence-electron chi connectivity index (χ0n) is 13.6. The first-order valence-corrected chi connectivity index (χ1v) is 8.11. The van der Waals surface area contributed by atoms with E-state index in [1.807, 2.05) is 6.20 Å². The quantitative estimate of drug-likeness (QED) is 0.677. The Kier molecular flexibility index (Phi) is 8.54. The maximum Gasteiger partial charge on any atom is 0.110 e. The summed E-state index contributed by atoms with van der Waals surface area (Å²) in [4.78, 5) is 4.53. The molecule has 0 fully saturated rings. The summed E-state index contributed by atoms with van der Waals surface area (Å²) >= 11 is 0. The van der Waals surface area contributed by atoms with E-state index >= 15 is 0 Å². The highest BCUT2D eigenvalue weighted by Crippen LogP contribution is 2.11. The average molecular weight is 281 g/mol. The summed E-state index contributed by atoms with van der Waals surface area (Å²) < 4.78 is 8.16. The standard InChI is InChI=1S/C16H31N3O/c1-5-9-17-14(15(7-3)20-8-4)13-16-18-10-12-19(16)11-6-2/h10,12,14-15,17H,5-9,11,13H2,1-4H3. The molecule has 1 rings (SSSR count). The number of aryl methyl sites for hydroxylation is 1. The van der Waals surface area contributed by atoms with Crippen molar-refractivity contribution in [2.75, 3.05) is 13.2 Å². The van der Waals surface area contributed by atoms with E-state index < -0.39 is 0 Å². The lowest BCUT2D eigenvalue weighted by Crippen LogP contribution is -2.43. The van der Waals surface area contributed by atoms with Crippen LogP contribution in [0.5, 0.6) is 0 Å². The second-order valence-corrected chi connectivity index (χ2v) is 5.20. The minimum Gasteiger partial charge on any atom is -0.377 e. The van der Waals surface area contributed by atoms with Crippen molar-refractivity contribution in [3.05, 3.63) is 18.2 Å². The Morgan fingerprint density at radius 1 is 1.25 bits per heavy atom. The van der Waals surface area contributed by atoms with Crippen LogP contribution in [-0.2, 0) is 17.7 Å². The molecule has 0 aliphatic carbocycles. The van der Waals surface area contributed by atoms with E-state index in [2.05, 4.69) is 48.8 Å². The number of hydrogen-bond acceptors (Lipinski definition) is 3.